The van der Waals surface area contributed by atoms with E-state index in [9.17, 15) is 9.59 Å². The lowest BCUT2D eigenvalue weighted by Crippen LogP contribution is -2.63. The number of carbonyl (C=O) groups excluding carboxylic acids is 2. The van der Waals surface area contributed by atoms with Crippen molar-refractivity contribution in [1.82, 2.24) is 10.2 Å². The Bertz CT molecular complexity index is 323. The highest BCUT2D eigenvalue weighted by Gasteiger charge is 2.38. The van der Waals surface area contributed by atoms with E-state index < -0.39 is 0 Å². The van der Waals surface area contributed by atoms with E-state index in [-0.39, 0.29) is 29.8 Å². The molecular formula is C13H22N2O2. The Kier molecular flexibility index (Phi) is 4.73. The summed E-state index contributed by atoms with van der Waals surface area (Å²) < 4.78 is 0. The standard InChI is InChI=1S/C13H22N2O2/c1-5-6-7-8-15-10(4)12(16)14-11(9(2)3)13(15)17/h5-6,9-11H,7-8H2,1-4H3,(H,14,16)/b6-5+. The lowest BCUT2D eigenvalue weighted by atomic mass is 9.98. The van der Waals surface area contributed by atoms with Crippen LogP contribution in [0.1, 0.15) is 34.1 Å². The molecule has 0 spiro atoms. The first-order valence-electron chi connectivity index (χ1n) is 6.21. The Balaban J connectivity index is 2.76. The number of piperazine rings is 1. The summed E-state index contributed by atoms with van der Waals surface area (Å²) in [5.74, 6) is 0.114. The van der Waals surface area contributed by atoms with Crippen LogP contribution in [0.3, 0.4) is 0 Å². The predicted octanol–water partition coefficient (Wildman–Crippen LogP) is 1.32. The number of rotatable bonds is 4. The summed E-state index contributed by atoms with van der Waals surface area (Å²) in [6.45, 7) is 8.23. The van der Waals surface area contributed by atoms with Gasteiger partial charge in [0.15, 0.2) is 0 Å². The van der Waals surface area contributed by atoms with Crippen molar-refractivity contribution in [3.63, 3.8) is 0 Å². The fourth-order valence-electron chi connectivity index (χ4n) is 1.98. The van der Waals surface area contributed by atoms with Gasteiger partial charge in [-0.15, -0.1) is 0 Å². The Labute approximate surface area is 103 Å². The van der Waals surface area contributed by atoms with Crippen LogP contribution in [0.4, 0.5) is 0 Å². The lowest BCUT2D eigenvalue weighted by Gasteiger charge is -2.38. The third-order valence-corrected chi connectivity index (χ3v) is 3.13. The molecule has 0 aromatic rings. The van der Waals surface area contributed by atoms with Crippen LogP contribution in [0, 0.1) is 5.92 Å². The Morgan fingerprint density at radius 2 is 2.06 bits per heavy atom. The van der Waals surface area contributed by atoms with Gasteiger partial charge in [0.05, 0.1) is 0 Å². The monoisotopic (exact) mass is 238 g/mol. The Morgan fingerprint density at radius 3 is 2.59 bits per heavy atom. The molecule has 0 aliphatic carbocycles. The number of amides is 2. The molecule has 0 aromatic carbocycles. The first kappa shape index (κ1) is 13.7. The molecule has 1 fully saturated rings. The predicted molar refractivity (Wildman–Crippen MR) is 67.4 cm³/mol. The molecule has 1 heterocycles. The fraction of sp³-hybridized carbons (Fsp3) is 0.692. The van der Waals surface area contributed by atoms with E-state index >= 15 is 0 Å². The van der Waals surface area contributed by atoms with Crippen LogP contribution in [-0.4, -0.2) is 35.3 Å². The minimum atomic E-state index is -0.371. The maximum atomic E-state index is 12.2. The molecule has 2 amide bonds. The molecule has 4 heteroatoms. The summed E-state index contributed by atoms with van der Waals surface area (Å²) in [5.41, 5.74) is 0. The van der Waals surface area contributed by atoms with Gasteiger partial charge in [-0.1, -0.05) is 26.0 Å². The average molecular weight is 238 g/mol. The van der Waals surface area contributed by atoms with Crippen LogP contribution in [0.2, 0.25) is 0 Å². The van der Waals surface area contributed by atoms with E-state index in [0.717, 1.165) is 6.42 Å². The van der Waals surface area contributed by atoms with Crippen LogP contribution in [-0.2, 0) is 9.59 Å². The minimum absolute atomic E-state index is 0.0385. The summed E-state index contributed by atoms with van der Waals surface area (Å²) in [7, 11) is 0. The van der Waals surface area contributed by atoms with Gasteiger partial charge < -0.3 is 10.2 Å². The van der Waals surface area contributed by atoms with Gasteiger partial charge >= 0.3 is 0 Å². The molecule has 1 N–H and O–H groups in total. The summed E-state index contributed by atoms with van der Waals surface area (Å²) in [4.78, 5) is 25.7. The van der Waals surface area contributed by atoms with E-state index in [1.165, 1.54) is 0 Å². The van der Waals surface area contributed by atoms with E-state index in [4.69, 9.17) is 0 Å². The zero-order chi connectivity index (χ0) is 13.0. The molecule has 0 saturated carbocycles. The van der Waals surface area contributed by atoms with Crippen LogP contribution in [0.25, 0.3) is 0 Å². The molecule has 2 atom stereocenters. The summed E-state index contributed by atoms with van der Waals surface area (Å²) in [6.07, 6.45) is 4.76. The number of allylic oxidation sites excluding steroid dienone is 1. The second-order valence-electron chi connectivity index (χ2n) is 4.80. The molecule has 96 valence electrons. The molecule has 0 bridgehead atoms. The molecular weight excluding hydrogens is 216 g/mol. The first-order chi connectivity index (χ1) is 7.99. The Hall–Kier alpha value is -1.32. The molecule has 1 saturated heterocycles. The van der Waals surface area contributed by atoms with Crippen molar-refractivity contribution in [2.24, 2.45) is 5.92 Å². The van der Waals surface area contributed by atoms with Gasteiger partial charge in [-0.2, -0.15) is 0 Å². The molecule has 1 rings (SSSR count). The molecule has 0 radical (unpaired) electrons. The topological polar surface area (TPSA) is 49.4 Å². The fourth-order valence-corrected chi connectivity index (χ4v) is 1.98. The number of nitrogens with zero attached hydrogens (tertiary/aromatic N) is 1. The summed E-state index contributed by atoms with van der Waals surface area (Å²) in [5, 5.41) is 2.79. The average Bonchev–Trinajstić information content (AvgIpc) is 2.28. The second-order valence-corrected chi connectivity index (χ2v) is 4.80. The highest BCUT2D eigenvalue weighted by Crippen LogP contribution is 2.15. The van der Waals surface area contributed by atoms with Crippen LogP contribution in [0.5, 0.6) is 0 Å². The SMILES string of the molecule is C/C=C/CCN1C(=O)C(C(C)C)NC(=O)C1C. The third kappa shape index (κ3) is 3.08. The van der Waals surface area contributed by atoms with E-state index in [1.54, 1.807) is 11.8 Å². The van der Waals surface area contributed by atoms with Crippen molar-refractivity contribution in [2.75, 3.05) is 6.54 Å². The maximum Gasteiger partial charge on any atom is 0.246 e. The summed E-state index contributed by atoms with van der Waals surface area (Å²) >= 11 is 0. The third-order valence-electron chi connectivity index (χ3n) is 3.13. The van der Waals surface area contributed by atoms with Crippen LogP contribution < -0.4 is 5.32 Å². The molecule has 1 aliphatic rings. The minimum Gasteiger partial charge on any atom is -0.342 e. The van der Waals surface area contributed by atoms with Gasteiger partial charge in [0.1, 0.15) is 12.1 Å². The van der Waals surface area contributed by atoms with Crippen molar-refractivity contribution >= 4 is 11.8 Å². The molecule has 2 unspecified atom stereocenters. The van der Waals surface area contributed by atoms with Crippen molar-refractivity contribution in [2.45, 2.75) is 46.2 Å². The number of hydrogen-bond acceptors (Lipinski definition) is 2. The first-order valence-corrected chi connectivity index (χ1v) is 6.21. The van der Waals surface area contributed by atoms with Crippen LogP contribution in [0.15, 0.2) is 12.2 Å². The number of carbonyl (C=O) groups is 2. The number of nitrogens with one attached hydrogen (secondary N) is 1. The summed E-state index contributed by atoms with van der Waals surface area (Å²) in [6, 6.07) is -0.730. The molecule has 17 heavy (non-hydrogen) atoms. The van der Waals surface area contributed by atoms with Gasteiger partial charge in [0.2, 0.25) is 11.8 Å². The van der Waals surface area contributed by atoms with Crippen molar-refractivity contribution < 1.29 is 9.59 Å². The largest absolute Gasteiger partial charge is 0.342 e. The highest BCUT2D eigenvalue weighted by molar-refractivity contribution is 5.96. The van der Waals surface area contributed by atoms with Crippen molar-refractivity contribution in [3.05, 3.63) is 12.2 Å². The van der Waals surface area contributed by atoms with Gasteiger partial charge in [-0.25, -0.2) is 0 Å². The highest BCUT2D eigenvalue weighted by atomic mass is 16.2. The van der Waals surface area contributed by atoms with Gasteiger partial charge in [-0.05, 0) is 26.2 Å². The van der Waals surface area contributed by atoms with Gasteiger partial charge in [0.25, 0.3) is 0 Å². The van der Waals surface area contributed by atoms with Crippen LogP contribution >= 0.6 is 0 Å². The molecule has 4 nitrogen and oxygen atoms in total. The normalized spacial score (nSPS) is 25.8. The second kappa shape index (κ2) is 5.84. The smallest absolute Gasteiger partial charge is 0.246 e. The van der Waals surface area contributed by atoms with Crippen molar-refractivity contribution in [3.8, 4) is 0 Å². The van der Waals surface area contributed by atoms with E-state index in [1.807, 2.05) is 32.9 Å². The molecule has 0 aromatic heterocycles. The lowest BCUT2D eigenvalue weighted by molar-refractivity contribution is -0.149. The maximum absolute atomic E-state index is 12.2. The van der Waals surface area contributed by atoms with E-state index in [0.29, 0.717) is 6.54 Å². The zero-order valence-corrected chi connectivity index (χ0v) is 11.1. The van der Waals surface area contributed by atoms with Gasteiger partial charge in [0, 0.05) is 6.54 Å². The number of hydrogen-bond donors (Lipinski definition) is 1. The Morgan fingerprint density at radius 1 is 1.41 bits per heavy atom. The molecule has 1 aliphatic heterocycles. The quantitative estimate of drug-likeness (QED) is 0.751. The zero-order valence-electron chi connectivity index (χ0n) is 11.1. The van der Waals surface area contributed by atoms with Gasteiger partial charge in [-0.3, -0.25) is 9.59 Å². The van der Waals surface area contributed by atoms with Crippen molar-refractivity contribution in [1.29, 1.82) is 0 Å². The van der Waals surface area contributed by atoms with E-state index in [2.05, 4.69) is 5.32 Å².